The first-order valence-corrected chi connectivity index (χ1v) is 10.6. The third kappa shape index (κ3) is 4.13. The summed E-state index contributed by atoms with van der Waals surface area (Å²) in [5, 5.41) is 2.44. The number of rotatable bonds is 8. The molecule has 1 saturated carbocycles. The van der Waals surface area contributed by atoms with Gasteiger partial charge < -0.3 is 14.4 Å². The zero-order chi connectivity index (χ0) is 21.1. The van der Waals surface area contributed by atoms with Crippen molar-refractivity contribution < 1.29 is 14.3 Å². The fraction of sp³-hybridized carbons (Fsp3) is 0.346. The van der Waals surface area contributed by atoms with Crippen molar-refractivity contribution in [3.8, 4) is 11.5 Å². The Morgan fingerprint density at radius 3 is 2.53 bits per heavy atom. The van der Waals surface area contributed by atoms with Crippen LogP contribution in [0.3, 0.4) is 0 Å². The second kappa shape index (κ2) is 8.78. The van der Waals surface area contributed by atoms with E-state index >= 15 is 0 Å². The lowest BCUT2D eigenvalue weighted by molar-refractivity contribution is -0.134. The molecule has 0 spiro atoms. The summed E-state index contributed by atoms with van der Waals surface area (Å²) in [7, 11) is 3.31. The van der Waals surface area contributed by atoms with Crippen molar-refractivity contribution in [2.45, 2.75) is 44.7 Å². The monoisotopic (exact) mass is 403 g/mol. The van der Waals surface area contributed by atoms with Gasteiger partial charge in [-0.05, 0) is 66.3 Å². The van der Waals surface area contributed by atoms with Gasteiger partial charge in [-0.1, -0.05) is 42.5 Å². The molecule has 1 atom stereocenters. The van der Waals surface area contributed by atoms with Crippen LogP contribution in [0.25, 0.3) is 10.8 Å². The Bertz CT molecular complexity index is 1040. The molecular weight excluding hydrogens is 374 g/mol. The van der Waals surface area contributed by atoms with Crippen LogP contribution >= 0.6 is 0 Å². The van der Waals surface area contributed by atoms with Crippen LogP contribution < -0.4 is 9.47 Å². The average molecular weight is 404 g/mol. The van der Waals surface area contributed by atoms with E-state index in [1.165, 1.54) is 16.3 Å². The number of hydrogen-bond acceptors (Lipinski definition) is 3. The van der Waals surface area contributed by atoms with Crippen LogP contribution in [0, 0.1) is 0 Å². The Morgan fingerprint density at radius 2 is 1.80 bits per heavy atom. The van der Waals surface area contributed by atoms with E-state index in [9.17, 15) is 4.79 Å². The van der Waals surface area contributed by atoms with Gasteiger partial charge in [-0.2, -0.15) is 0 Å². The SMILES string of the molecule is COc1ccc(OC)c(CCC(=O)N(C2CC2)C(C)c2cccc3ccccc23)c1. The van der Waals surface area contributed by atoms with Gasteiger partial charge in [-0.15, -0.1) is 0 Å². The Hall–Kier alpha value is -3.01. The number of methoxy groups -OCH3 is 2. The summed E-state index contributed by atoms with van der Waals surface area (Å²) in [6.45, 7) is 2.16. The molecule has 156 valence electrons. The largest absolute Gasteiger partial charge is 0.497 e. The smallest absolute Gasteiger partial charge is 0.223 e. The summed E-state index contributed by atoms with van der Waals surface area (Å²) >= 11 is 0. The zero-order valence-corrected chi connectivity index (χ0v) is 17.9. The third-order valence-corrected chi connectivity index (χ3v) is 6.01. The topological polar surface area (TPSA) is 38.8 Å². The average Bonchev–Trinajstić information content (AvgIpc) is 3.62. The molecule has 30 heavy (non-hydrogen) atoms. The molecule has 4 heteroatoms. The predicted molar refractivity (Wildman–Crippen MR) is 120 cm³/mol. The minimum absolute atomic E-state index is 0.0447. The molecule has 0 bridgehead atoms. The molecule has 0 radical (unpaired) electrons. The van der Waals surface area contributed by atoms with Crippen LogP contribution in [-0.4, -0.2) is 31.1 Å². The quantitative estimate of drug-likeness (QED) is 0.495. The summed E-state index contributed by atoms with van der Waals surface area (Å²) < 4.78 is 10.8. The van der Waals surface area contributed by atoms with E-state index in [1.807, 2.05) is 18.2 Å². The molecular formula is C26H29NO3. The molecule has 0 aromatic heterocycles. The molecule has 0 aliphatic heterocycles. The maximum Gasteiger partial charge on any atom is 0.223 e. The van der Waals surface area contributed by atoms with Crippen LogP contribution in [0.4, 0.5) is 0 Å². The highest BCUT2D eigenvalue weighted by atomic mass is 16.5. The lowest BCUT2D eigenvalue weighted by Crippen LogP contribution is -2.35. The van der Waals surface area contributed by atoms with Crippen LogP contribution in [0.15, 0.2) is 60.7 Å². The van der Waals surface area contributed by atoms with Crippen molar-refractivity contribution in [2.75, 3.05) is 14.2 Å². The van der Waals surface area contributed by atoms with Crippen molar-refractivity contribution in [1.29, 1.82) is 0 Å². The van der Waals surface area contributed by atoms with Crippen molar-refractivity contribution in [3.63, 3.8) is 0 Å². The van der Waals surface area contributed by atoms with Gasteiger partial charge in [0, 0.05) is 12.5 Å². The summed E-state index contributed by atoms with van der Waals surface area (Å²) in [4.78, 5) is 15.5. The van der Waals surface area contributed by atoms with Crippen LogP contribution in [0.1, 0.15) is 43.4 Å². The van der Waals surface area contributed by atoms with Crippen molar-refractivity contribution in [3.05, 3.63) is 71.8 Å². The first kappa shape index (κ1) is 20.3. The maximum absolute atomic E-state index is 13.4. The molecule has 1 fully saturated rings. The number of carbonyl (C=O) groups is 1. The van der Waals surface area contributed by atoms with Crippen molar-refractivity contribution in [2.24, 2.45) is 0 Å². The van der Waals surface area contributed by atoms with Gasteiger partial charge in [0.2, 0.25) is 5.91 Å². The van der Waals surface area contributed by atoms with Gasteiger partial charge in [0.15, 0.2) is 0 Å². The lowest BCUT2D eigenvalue weighted by Gasteiger charge is -2.31. The van der Waals surface area contributed by atoms with E-state index < -0.39 is 0 Å². The van der Waals surface area contributed by atoms with E-state index in [0.29, 0.717) is 18.9 Å². The highest BCUT2D eigenvalue weighted by Crippen LogP contribution is 2.37. The molecule has 1 aliphatic rings. The molecule has 4 nitrogen and oxygen atoms in total. The Morgan fingerprint density at radius 1 is 1.03 bits per heavy atom. The van der Waals surface area contributed by atoms with Crippen LogP contribution in [0.2, 0.25) is 0 Å². The fourth-order valence-electron chi connectivity index (χ4n) is 4.30. The van der Waals surface area contributed by atoms with Gasteiger partial charge in [-0.25, -0.2) is 0 Å². The highest BCUT2D eigenvalue weighted by Gasteiger charge is 2.36. The van der Waals surface area contributed by atoms with E-state index in [2.05, 4.69) is 54.3 Å². The van der Waals surface area contributed by atoms with Crippen LogP contribution in [-0.2, 0) is 11.2 Å². The standard InChI is InChI=1S/C26H29NO3/c1-18(23-10-6-8-19-7-4-5-9-24(19)23)27(21-12-13-21)26(28)16-11-20-17-22(29-2)14-15-25(20)30-3/h4-10,14-15,17-18,21H,11-13,16H2,1-3H3. The normalized spacial score (nSPS) is 14.4. The first-order chi connectivity index (χ1) is 14.6. The number of benzene rings is 3. The number of carbonyl (C=O) groups excluding carboxylic acids is 1. The number of aryl methyl sites for hydroxylation is 1. The van der Waals surface area contributed by atoms with Gasteiger partial charge in [0.1, 0.15) is 11.5 Å². The zero-order valence-electron chi connectivity index (χ0n) is 17.9. The number of fused-ring (bicyclic) bond motifs is 1. The number of amides is 1. The van der Waals surface area contributed by atoms with E-state index in [1.54, 1.807) is 14.2 Å². The number of ether oxygens (including phenoxy) is 2. The molecule has 0 N–H and O–H groups in total. The van der Waals surface area contributed by atoms with Gasteiger partial charge >= 0.3 is 0 Å². The maximum atomic E-state index is 13.4. The van der Waals surface area contributed by atoms with Crippen LogP contribution in [0.5, 0.6) is 11.5 Å². The fourth-order valence-corrected chi connectivity index (χ4v) is 4.30. The van der Waals surface area contributed by atoms with Crippen molar-refractivity contribution >= 4 is 16.7 Å². The lowest BCUT2D eigenvalue weighted by atomic mass is 9.98. The molecule has 0 heterocycles. The minimum Gasteiger partial charge on any atom is -0.497 e. The predicted octanol–water partition coefficient (Wildman–Crippen LogP) is 5.54. The first-order valence-electron chi connectivity index (χ1n) is 10.6. The molecule has 3 aromatic carbocycles. The van der Waals surface area contributed by atoms with E-state index in [-0.39, 0.29) is 11.9 Å². The van der Waals surface area contributed by atoms with Gasteiger partial charge in [-0.3, -0.25) is 4.79 Å². The highest BCUT2D eigenvalue weighted by molar-refractivity contribution is 5.87. The number of hydrogen-bond donors (Lipinski definition) is 0. The second-order valence-corrected chi connectivity index (χ2v) is 7.95. The molecule has 1 amide bonds. The Labute approximate surface area is 178 Å². The third-order valence-electron chi connectivity index (χ3n) is 6.01. The summed E-state index contributed by atoms with van der Waals surface area (Å²) in [6, 6.07) is 20.9. The second-order valence-electron chi connectivity index (χ2n) is 7.95. The molecule has 4 rings (SSSR count). The van der Waals surface area contributed by atoms with E-state index in [0.717, 1.165) is 29.9 Å². The molecule has 1 aliphatic carbocycles. The summed E-state index contributed by atoms with van der Waals surface area (Å²) in [5.41, 5.74) is 2.21. The summed E-state index contributed by atoms with van der Waals surface area (Å²) in [6.07, 6.45) is 3.26. The van der Waals surface area contributed by atoms with Gasteiger partial charge in [0.05, 0.1) is 20.3 Å². The minimum atomic E-state index is 0.0447. The van der Waals surface area contributed by atoms with Crippen molar-refractivity contribution in [1.82, 2.24) is 4.90 Å². The molecule has 0 saturated heterocycles. The molecule has 3 aromatic rings. The Kier molecular flexibility index (Phi) is 5.93. The van der Waals surface area contributed by atoms with Gasteiger partial charge in [0.25, 0.3) is 0 Å². The number of nitrogens with zero attached hydrogens (tertiary/aromatic N) is 1. The molecule has 1 unspecified atom stereocenters. The van der Waals surface area contributed by atoms with E-state index in [4.69, 9.17) is 9.47 Å². The Balaban J connectivity index is 1.55. The summed E-state index contributed by atoms with van der Waals surface area (Å²) in [5.74, 6) is 1.77.